The van der Waals surface area contributed by atoms with E-state index in [0.717, 1.165) is 12.1 Å². The van der Waals surface area contributed by atoms with Crippen molar-refractivity contribution >= 4 is 23.4 Å². The van der Waals surface area contributed by atoms with E-state index in [1.165, 1.54) is 30.2 Å². The molecule has 2 aromatic rings. The smallest absolute Gasteiger partial charge is 0.325 e. The Balaban J connectivity index is 1.98. The molecular formula is C13H13F3N4OS. The van der Waals surface area contributed by atoms with Crippen molar-refractivity contribution in [2.24, 2.45) is 7.05 Å². The van der Waals surface area contributed by atoms with Gasteiger partial charge in [0.25, 0.3) is 0 Å². The van der Waals surface area contributed by atoms with Crippen LogP contribution in [0.5, 0.6) is 0 Å². The van der Waals surface area contributed by atoms with Crippen molar-refractivity contribution in [3.05, 3.63) is 36.2 Å². The van der Waals surface area contributed by atoms with Gasteiger partial charge >= 0.3 is 6.18 Å². The second-order valence-electron chi connectivity index (χ2n) is 4.55. The van der Waals surface area contributed by atoms with Crippen molar-refractivity contribution in [3.8, 4) is 0 Å². The van der Waals surface area contributed by atoms with Gasteiger partial charge in [0.05, 0.1) is 10.8 Å². The molecule has 1 N–H and O–H groups in total. The molecule has 1 amide bonds. The molecule has 5 nitrogen and oxygen atoms in total. The molecule has 0 aliphatic carbocycles. The van der Waals surface area contributed by atoms with Crippen molar-refractivity contribution in [2.75, 3.05) is 5.32 Å². The van der Waals surface area contributed by atoms with Gasteiger partial charge in [0.15, 0.2) is 5.16 Å². The van der Waals surface area contributed by atoms with Crippen LogP contribution in [0.2, 0.25) is 0 Å². The minimum Gasteiger partial charge on any atom is -0.325 e. The zero-order valence-corrected chi connectivity index (χ0v) is 12.6. The van der Waals surface area contributed by atoms with Crippen LogP contribution in [0, 0.1) is 0 Å². The number of carbonyl (C=O) groups is 1. The number of amides is 1. The fourth-order valence-electron chi connectivity index (χ4n) is 1.58. The number of aromatic nitrogens is 3. The Morgan fingerprint density at radius 2 is 1.95 bits per heavy atom. The maximum Gasteiger partial charge on any atom is 0.416 e. The number of aryl methyl sites for hydroxylation is 1. The largest absolute Gasteiger partial charge is 0.416 e. The van der Waals surface area contributed by atoms with Crippen LogP contribution in [-0.2, 0) is 18.0 Å². The van der Waals surface area contributed by atoms with Gasteiger partial charge in [-0.3, -0.25) is 4.79 Å². The molecular weight excluding hydrogens is 317 g/mol. The lowest BCUT2D eigenvalue weighted by Gasteiger charge is -2.12. The van der Waals surface area contributed by atoms with Gasteiger partial charge in [-0.05, 0) is 31.2 Å². The number of thioether (sulfide) groups is 1. The molecule has 1 aromatic heterocycles. The number of halogens is 3. The molecule has 0 spiro atoms. The minimum absolute atomic E-state index is 0.309. The van der Waals surface area contributed by atoms with Crippen LogP contribution in [0.15, 0.2) is 35.7 Å². The average molecular weight is 330 g/mol. The molecule has 0 saturated carbocycles. The zero-order valence-electron chi connectivity index (χ0n) is 11.8. The van der Waals surface area contributed by atoms with E-state index in [-0.39, 0.29) is 5.91 Å². The Morgan fingerprint density at radius 1 is 1.32 bits per heavy atom. The van der Waals surface area contributed by atoms with E-state index in [4.69, 9.17) is 0 Å². The SMILES string of the molecule is C[C@H](Sc1nncn1C)C(=O)Nc1ccc(C(F)(F)F)cc1. The quantitative estimate of drug-likeness (QED) is 0.876. The lowest BCUT2D eigenvalue weighted by atomic mass is 10.2. The summed E-state index contributed by atoms with van der Waals surface area (Å²) in [6.45, 7) is 1.68. The van der Waals surface area contributed by atoms with Gasteiger partial charge in [0.2, 0.25) is 5.91 Å². The molecule has 2 rings (SSSR count). The molecule has 9 heteroatoms. The Kier molecular flexibility index (Phi) is 4.74. The number of hydrogen-bond acceptors (Lipinski definition) is 4. The molecule has 1 aromatic carbocycles. The predicted molar refractivity (Wildman–Crippen MR) is 76.4 cm³/mol. The highest BCUT2D eigenvalue weighted by Crippen LogP contribution is 2.30. The monoisotopic (exact) mass is 330 g/mol. The molecule has 118 valence electrons. The molecule has 0 unspecified atom stereocenters. The third-order valence-electron chi connectivity index (χ3n) is 2.80. The maximum atomic E-state index is 12.5. The van der Waals surface area contributed by atoms with E-state index in [2.05, 4.69) is 15.5 Å². The van der Waals surface area contributed by atoms with Gasteiger partial charge in [-0.15, -0.1) is 10.2 Å². The van der Waals surface area contributed by atoms with Crippen LogP contribution in [-0.4, -0.2) is 25.9 Å². The molecule has 0 fully saturated rings. The van der Waals surface area contributed by atoms with E-state index in [1.807, 2.05) is 0 Å². The summed E-state index contributed by atoms with van der Waals surface area (Å²) in [5, 5.41) is 10.2. The summed E-state index contributed by atoms with van der Waals surface area (Å²) < 4.78 is 39.0. The van der Waals surface area contributed by atoms with Gasteiger partial charge in [0, 0.05) is 12.7 Å². The van der Waals surface area contributed by atoms with Crippen molar-refractivity contribution in [1.82, 2.24) is 14.8 Å². The minimum atomic E-state index is -4.39. The number of carbonyl (C=O) groups excluding carboxylic acids is 1. The van der Waals surface area contributed by atoms with Gasteiger partial charge in [0.1, 0.15) is 6.33 Å². The highest BCUT2D eigenvalue weighted by atomic mass is 32.2. The molecule has 0 aliphatic rings. The van der Waals surface area contributed by atoms with E-state index in [1.54, 1.807) is 18.5 Å². The molecule has 0 aliphatic heterocycles. The Labute approximate surface area is 128 Å². The van der Waals surface area contributed by atoms with Crippen molar-refractivity contribution in [3.63, 3.8) is 0 Å². The van der Waals surface area contributed by atoms with Crippen LogP contribution in [0.3, 0.4) is 0 Å². The summed E-state index contributed by atoms with van der Waals surface area (Å²) in [5.74, 6) is -0.326. The number of alkyl halides is 3. The first-order valence-electron chi connectivity index (χ1n) is 6.26. The number of benzene rings is 1. The Hall–Kier alpha value is -2.03. The molecule has 0 saturated heterocycles. The first kappa shape index (κ1) is 16.3. The summed E-state index contributed by atoms with van der Waals surface area (Å²) in [6, 6.07) is 4.30. The van der Waals surface area contributed by atoms with Gasteiger partial charge in [-0.1, -0.05) is 11.8 Å². The van der Waals surface area contributed by atoms with Crippen LogP contribution < -0.4 is 5.32 Å². The summed E-state index contributed by atoms with van der Waals surface area (Å²) in [5.41, 5.74) is -0.449. The third-order valence-corrected chi connectivity index (χ3v) is 3.95. The number of nitrogens with one attached hydrogen (secondary N) is 1. The molecule has 0 bridgehead atoms. The second-order valence-corrected chi connectivity index (χ2v) is 5.86. The van der Waals surface area contributed by atoms with Crippen molar-refractivity contribution in [2.45, 2.75) is 23.5 Å². The molecule has 1 heterocycles. The van der Waals surface area contributed by atoms with Crippen LogP contribution in [0.1, 0.15) is 12.5 Å². The topological polar surface area (TPSA) is 59.8 Å². The van der Waals surface area contributed by atoms with E-state index >= 15 is 0 Å². The van der Waals surface area contributed by atoms with Crippen LogP contribution in [0.4, 0.5) is 18.9 Å². The highest BCUT2D eigenvalue weighted by molar-refractivity contribution is 8.00. The fourth-order valence-corrected chi connectivity index (χ4v) is 2.37. The Bertz CT molecular complexity index is 654. The van der Waals surface area contributed by atoms with E-state index in [9.17, 15) is 18.0 Å². The van der Waals surface area contributed by atoms with Gasteiger partial charge in [-0.2, -0.15) is 13.2 Å². The standard InChI is InChI=1S/C13H13F3N4OS/c1-8(22-12-19-17-7-20(12)2)11(21)18-10-5-3-9(4-6-10)13(14,15)16/h3-8H,1-2H3,(H,18,21)/t8-/m0/s1. The van der Waals surface area contributed by atoms with E-state index < -0.39 is 17.0 Å². The first-order valence-corrected chi connectivity index (χ1v) is 7.14. The average Bonchev–Trinajstić information content (AvgIpc) is 2.84. The van der Waals surface area contributed by atoms with Gasteiger partial charge < -0.3 is 9.88 Å². The summed E-state index contributed by atoms with van der Waals surface area (Å²) in [7, 11) is 1.75. The second kappa shape index (κ2) is 6.39. The highest BCUT2D eigenvalue weighted by Gasteiger charge is 2.30. The molecule has 22 heavy (non-hydrogen) atoms. The zero-order chi connectivity index (χ0) is 16.3. The lowest BCUT2D eigenvalue weighted by molar-refractivity contribution is -0.137. The molecule has 0 radical (unpaired) electrons. The third kappa shape index (κ3) is 4.00. The van der Waals surface area contributed by atoms with Gasteiger partial charge in [-0.25, -0.2) is 0 Å². The Morgan fingerprint density at radius 3 is 2.45 bits per heavy atom. The number of nitrogens with zero attached hydrogens (tertiary/aromatic N) is 3. The first-order chi connectivity index (χ1) is 10.3. The number of anilines is 1. The van der Waals surface area contributed by atoms with Crippen LogP contribution in [0.25, 0.3) is 0 Å². The normalized spacial score (nSPS) is 13.0. The fraction of sp³-hybridized carbons (Fsp3) is 0.308. The summed E-state index contributed by atoms with van der Waals surface area (Å²) in [4.78, 5) is 12.0. The van der Waals surface area contributed by atoms with Crippen molar-refractivity contribution < 1.29 is 18.0 Å². The van der Waals surface area contributed by atoms with Crippen molar-refractivity contribution in [1.29, 1.82) is 0 Å². The summed E-state index contributed by atoms with van der Waals surface area (Å²) >= 11 is 1.21. The maximum absolute atomic E-state index is 12.5. The lowest BCUT2D eigenvalue weighted by Crippen LogP contribution is -2.22. The molecule has 1 atom stereocenters. The number of hydrogen-bond donors (Lipinski definition) is 1. The van der Waals surface area contributed by atoms with E-state index in [0.29, 0.717) is 10.8 Å². The van der Waals surface area contributed by atoms with Crippen LogP contribution >= 0.6 is 11.8 Å². The summed E-state index contributed by atoms with van der Waals surface area (Å²) in [6.07, 6.45) is -2.88. The number of rotatable bonds is 4. The predicted octanol–water partition coefficient (Wildman–Crippen LogP) is 2.95.